The van der Waals surface area contributed by atoms with E-state index in [0.29, 0.717) is 28.4 Å². The van der Waals surface area contributed by atoms with Crippen molar-refractivity contribution in [2.45, 2.75) is 38.6 Å². The van der Waals surface area contributed by atoms with Crippen molar-refractivity contribution in [1.82, 2.24) is 9.62 Å². The van der Waals surface area contributed by atoms with Crippen LogP contribution in [0.1, 0.15) is 31.4 Å². The van der Waals surface area contributed by atoms with E-state index in [4.69, 9.17) is 0 Å². The van der Waals surface area contributed by atoms with Crippen LogP contribution in [0.4, 0.5) is 0 Å². The lowest BCUT2D eigenvalue weighted by atomic mass is 10.1. The molecule has 1 rings (SSSR count). The lowest BCUT2D eigenvalue weighted by molar-refractivity contribution is 0.427. The van der Waals surface area contributed by atoms with Crippen molar-refractivity contribution in [2.24, 2.45) is 5.92 Å². The highest BCUT2D eigenvalue weighted by molar-refractivity contribution is 9.10. The highest BCUT2D eigenvalue weighted by atomic mass is 79.9. The van der Waals surface area contributed by atoms with Gasteiger partial charge in [-0.15, -0.1) is 0 Å². The summed E-state index contributed by atoms with van der Waals surface area (Å²) in [6, 6.07) is 3.74. The molecule has 0 saturated carbocycles. The summed E-state index contributed by atoms with van der Waals surface area (Å²) in [5, 5.41) is 3.05. The molecule has 21 heavy (non-hydrogen) atoms. The van der Waals surface area contributed by atoms with Gasteiger partial charge in [-0.05, 0) is 59.4 Å². The number of nitrogens with one attached hydrogen (secondary N) is 1. The van der Waals surface area contributed by atoms with Gasteiger partial charge in [0, 0.05) is 24.6 Å². The Morgan fingerprint density at radius 3 is 2.48 bits per heavy atom. The van der Waals surface area contributed by atoms with E-state index in [1.165, 1.54) is 4.31 Å². The molecule has 0 fully saturated rings. The molecule has 0 aliphatic rings. The second-order valence-corrected chi connectivity index (χ2v) is 8.57. The average Bonchev–Trinajstić information content (AvgIpc) is 2.39. The van der Waals surface area contributed by atoms with Gasteiger partial charge in [0.2, 0.25) is 10.0 Å². The Balaban J connectivity index is 3.17. The molecule has 1 N–H and O–H groups in total. The normalized spacial score (nSPS) is 12.4. The molecule has 0 radical (unpaired) electrons. The molecule has 0 unspecified atom stereocenters. The Hall–Kier alpha value is -0.430. The van der Waals surface area contributed by atoms with Crippen LogP contribution in [0.25, 0.3) is 0 Å². The minimum Gasteiger partial charge on any atom is -0.316 e. The minimum atomic E-state index is -3.47. The van der Waals surface area contributed by atoms with Gasteiger partial charge in [-0.25, -0.2) is 12.7 Å². The molecule has 0 atom stereocenters. The van der Waals surface area contributed by atoms with Gasteiger partial charge in [0.1, 0.15) is 0 Å². The lowest BCUT2D eigenvalue weighted by Gasteiger charge is -2.20. The molecular formula is C15H25BrN2O2S. The van der Waals surface area contributed by atoms with Crippen LogP contribution in [0, 0.1) is 12.8 Å². The van der Waals surface area contributed by atoms with Crippen molar-refractivity contribution in [3.8, 4) is 0 Å². The molecule has 1 aromatic carbocycles. The van der Waals surface area contributed by atoms with Crippen molar-refractivity contribution in [3.05, 3.63) is 27.7 Å². The Bertz CT molecular complexity index is 586. The van der Waals surface area contributed by atoms with Gasteiger partial charge in [0.15, 0.2) is 0 Å². The monoisotopic (exact) mass is 376 g/mol. The smallest absolute Gasteiger partial charge is 0.243 e. The van der Waals surface area contributed by atoms with E-state index in [-0.39, 0.29) is 0 Å². The second kappa shape index (κ2) is 7.72. The first-order valence-corrected chi connectivity index (χ1v) is 9.33. The number of hydrogen-bond donors (Lipinski definition) is 1. The average molecular weight is 377 g/mol. The van der Waals surface area contributed by atoms with Crippen LogP contribution in [-0.4, -0.2) is 33.4 Å². The van der Waals surface area contributed by atoms with Crippen LogP contribution < -0.4 is 5.32 Å². The van der Waals surface area contributed by atoms with E-state index in [2.05, 4.69) is 35.1 Å². The molecule has 6 heteroatoms. The van der Waals surface area contributed by atoms with Crippen LogP contribution in [0.15, 0.2) is 21.5 Å². The number of hydrogen-bond acceptors (Lipinski definition) is 3. The third kappa shape index (κ3) is 4.77. The molecule has 0 aliphatic carbocycles. The van der Waals surface area contributed by atoms with E-state index in [0.717, 1.165) is 17.5 Å². The first-order valence-electron chi connectivity index (χ1n) is 7.10. The minimum absolute atomic E-state index is 0.346. The molecule has 0 amide bonds. The molecule has 0 aromatic heterocycles. The zero-order chi connectivity index (χ0) is 16.2. The van der Waals surface area contributed by atoms with Gasteiger partial charge in [0.25, 0.3) is 0 Å². The predicted octanol–water partition coefficient (Wildman–Crippen LogP) is 3.14. The van der Waals surface area contributed by atoms with Crippen molar-refractivity contribution in [1.29, 1.82) is 0 Å². The largest absolute Gasteiger partial charge is 0.316 e. The summed E-state index contributed by atoms with van der Waals surface area (Å²) in [7, 11) is 0.0207. The van der Waals surface area contributed by atoms with Crippen LogP contribution in [-0.2, 0) is 16.6 Å². The Kier molecular flexibility index (Phi) is 6.84. The zero-order valence-electron chi connectivity index (χ0n) is 13.4. The fourth-order valence-electron chi connectivity index (χ4n) is 2.03. The van der Waals surface area contributed by atoms with Crippen LogP contribution in [0.2, 0.25) is 0 Å². The van der Waals surface area contributed by atoms with Gasteiger partial charge in [-0.2, -0.15) is 0 Å². The maximum absolute atomic E-state index is 12.7. The summed E-state index contributed by atoms with van der Waals surface area (Å²) in [5.74, 6) is 0.475. The third-order valence-corrected chi connectivity index (χ3v) is 6.57. The van der Waals surface area contributed by atoms with Crippen molar-refractivity contribution in [2.75, 3.05) is 20.6 Å². The van der Waals surface area contributed by atoms with E-state index in [1.807, 2.05) is 20.0 Å². The molecule has 120 valence electrons. The Labute approximate surface area is 137 Å². The summed E-state index contributed by atoms with van der Waals surface area (Å²) in [4.78, 5) is 0.346. The summed E-state index contributed by atoms with van der Waals surface area (Å²) < 4.78 is 27.6. The number of rotatable bonds is 7. The zero-order valence-corrected chi connectivity index (χ0v) is 15.8. The number of benzene rings is 1. The number of halogens is 1. The van der Waals surface area contributed by atoms with Crippen LogP contribution in [0.3, 0.4) is 0 Å². The van der Waals surface area contributed by atoms with Gasteiger partial charge >= 0.3 is 0 Å². The van der Waals surface area contributed by atoms with E-state index in [1.54, 1.807) is 13.1 Å². The number of aryl methyl sites for hydroxylation is 1. The van der Waals surface area contributed by atoms with E-state index >= 15 is 0 Å². The summed E-state index contributed by atoms with van der Waals surface area (Å²) >= 11 is 3.42. The third-order valence-electron chi connectivity index (χ3n) is 3.37. The predicted molar refractivity (Wildman–Crippen MR) is 90.9 cm³/mol. The molecule has 0 spiro atoms. The van der Waals surface area contributed by atoms with Gasteiger partial charge in [0.05, 0.1) is 4.90 Å². The Morgan fingerprint density at radius 2 is 1.95 bits per heavy atom. The standard InChI is InChI=1S/C15H25BrN2O2S/c1-11(2)6-7-18(5)21(19,20)14-9-13(10-17-4)8-12(3)15(14)16/h8-9,11,17H,6-7,10H2,1-5H3. The maximum atomic E-state index is 12.7. The molecule has 1 aromatic rings. The van der Waals surface area contributed by atoms with Crippen molar-refractivity contribution < 1.29 is 8.42 Å². The quantitative estimate of drug-likeness (QED) is 0.794. The molecule has 0 saturated heterocycles. The highest BCUT2D eigenvalue weighted by Crippen LogP contribution is 2.29. The van der Waals surface area contributed by atoms with Crippen molar-refractivity contribution >= 4 is 26.0 Å². The highest BCUT2D eigenvalue weighted by Gasteiger charge is 2.24. The lowest BCUT2D eigenvalue weighted by Crippen LogP contribution is -2.29. The topological polar surface area (TPSA) is 49.4 Å². The number of nitrogens with zero attached hydrogens (tertiary/aromatic N) is 1. The Morgan fingerprint density at radius 1 is 1.33 bits per heavy atom. The molecule has 0 aliphatic heterocycles. The van der Waals surface area contributed by atoms with Gasteiger partial charge < -0.3 is 5.32 Å². The maximum Gasteiger partial charge on any atom is 0.243 e. The summed E-state index contributed by atoms with van der Waals surface area (Å²) in [6.45, 7) is 7.27. The molecule has 0 bridgehead atoms. The molecular weight excluding hydrogens is 352 g/mol. The summed E-state index contributed by atoms with van der Waals surface area (Å²) in [5.41, 5.74) is 1.90. The van der Waals surface area contributed by atoms with E-state index in [9.17, 15) is 8.42 Å². The first kappa shape index (κ1) is 18.6. The van der Waals surface area contributed by atoms with Gasteiger partial charge in [-0.3, -0.25) is 0 Å². The SMILES string of the molecule is CNCc1cc(C)c(Br)c(S(=O)(=O)N(C)CCC(C)C)c1. The van der Waals surface area contributed by atoms with Crippen LogP contribution in [0.5, 0.6) is 0 Å². The fourth-order valence-corrected chi connectivity index (χ4v) is 4.24. The van der Waals surface area contributed by atoms with Crippen molar-refractivity contribution in [3.63, 3.8) is 0 Å². The number of sulfonamides is 1. The molecule has 0 heterocycles. The molecule has 4 nitrogen and oxygen atoms in total. The van der Waals surface area contributed by atoms with Gasteiger partial charge in [-0.1, -0.05) is 19.9 Å². The fraction of sp³-hybridized carbons (Fsp3) is 0.600. The first-order chi connectivity index (χ1) is 9.70. The second-order valence-electron chi connectivity index (χ2n) is 5.76. The van der Waals surface area contributed by atoms with E-state index < -0.39 is 10.0 Å². The van der Waals surface area contributed by atoms with Crippen LogP contribution >= 0.6 is 15.9 Å². The summed E-state index contributed by atoms with van der Waals surface area (Å²) in [6.07, 6.45) is 0.850.